The molecule has 0 amide bonds. The highest BCUT2D eigenvalue weighted by molar-refractivity contribution is 6.33. The lowest BCUT2D eigenvalue weighted by Crippen LogP contribution is -2.16. The van der Waals surface area contributed by atoms with Gasteiger partial charge in [0.1, 0.15) is 17.3 Å². The molecule has 0 saturated heterocycles. The molecule has 3 aromatic rings. The highest BCUT2D eigenvalue weighted by Crippen LogP contribution is 2.29. The van der Waals surface area contributed by atoms with Crippen LogP contribution in [0, 0.1) is 0 Å². The normalized spacial score (nSPS) is 10.8. The summed E-state index contributed by atoms with van der Waals surface area (Å²) in [6.45, 7) is 1.53. The van der Waals surface area contributed by atoms with E-state index in [-0.39, 0.29) is 0 Å². The van der Waals surface area contributed by atoms with Crippen molar-refractivity contribution in [3.63, 3.8) is 0 Å². The standard InChI is InChI=1S/C20H20ClNO2/c1-23-19-9-5-2-6-15(19)12-13-22-14-16-10-11-20(24-16)17-7-3-4-8-18(17)21/h2-11,22H,12-14H2,1H3. The van der Waals surface area contributed by atoms with Gasteiger partial charge in [0.2, 0.25) is 0 Å². The number of hydrogen-bond donors (Lipinski definition) is 1. The van der Waals surface area contributed by atoms with Gasteiger partial charge in [0.05, 0.1) is 18.7 Å². The third kappa shape index (κ3) is 3.99. The van der Waals surface area contributed by atoms with E-state index in [2.05, 4.69) is 11.4 Å². The molecule has 2 aromatic carbocycles. The van der Waals surface area contributed by atoms with Crippen LogP contribution in [-0.4, -0.2) is 13.7 Å². The molecule has 0 saturated carbocycles. The number of nitrogens with one attached hydrogen (secondary N) is 1. The summed E-state index contributed by atoms with van der Waals surface area (Å²) < 4.78 is 11.2. The highest BCUT2D eigenvalue weighted by Gasteiger charge is 2.08. The van der Waals surface area contributed by atoms with Gasteiger partial charge in [-0.3, -0.25) is 0 Å². The molecule has 0 spiro atoms. The summed E-state index contributed by atoms with van der Waals surface area (Å²) in [6.07, 6.45) is 0.905. The Kier molecular flexibility index (Phi) is 5.57. The quantitative estimate of drug-likeness (QED) is 0.618. The van der Waals surface area contributed by atoms with Crippen molar-refractivity contribution in [1.82, 2.24) is 5.32 Å². The first kappa shape index (κ1) is 16.6. The highest BCUT2D eigenvalue weighted by atomic mass is 35.5. The zero-order valence-corrected chi connectivity index (χ0v) is 14.3. The summed E-state index contributed by atoms with van der Waals surface area (Å²) in [6, 6.07) is 19.7. The molecule has 1 heterocycles. The maximum absolute atomic E-state index is 6.20. The Morgan fingerprint density at radius 3 is 2.62 bits per heavy atom. The zero-order valence-electron chi connectivity index (χ0n) is 13.6. The summed E-state index contributed by atoms with van der Waals surface area (Å²) in [5.41, 5.74) is 2.11. The first-order valence-electron chi connectivity index (χ1n) is 7.94. The van der Waals surface area contributed by atoms with Crippen LogP contribution >= 0.6 is 11.6 Å². The van der Waals surface area contributed by atoms with Crippen LogP contribution in [0.25, 0.3) is 11.3 Å². The van der Waals surface area contributed by atoms with Crippen LogP contribution in [0.1, 0.15) is 11.3 Å². The van der Waals surface area contributed by atoms with Gasteiger partial charge in [-0.1, -0.05) is 41.9 Å². The molecule has 1 N–H and O–H groups in total. The van der Waals surface area contributed by atoms with Gasteiger partial charge in [-0.25, -0.2) is 0 Å². The molecule has 3 nitrogen and oxygen atoms in total. The Labute approximate surface area is 147 Å². The van der Waals surface area contributed by atoms with Crippen LogP contribution in [-0.2, 0) is 13.0 Å². The van der Waals surface area contributed by atoms with Crippen molar-refractivity contribution < 1.29 is 9.15 Å². The Balaban J connectivity index is 1.54. The fourth-order valence-corrected chi connectivity index (χ4v) is 2.85. The molecular formula is C20H20ClNO2. The smallest absolute Gasteiger partial charge is 0.135 e. The predicted molar refractivity (Wildman–Crippen MR) is 97.6 cm³/mol. The van der Waals surface area contributed by atoms with E-state index in [4.69, 9.17) is 20.8 Å². The van der Waals surface area contributed by atoms with Crippen LogP contribution < -0.4 is 10.1 Å². The van der Waals surface area contributed by atoms with Gasteiger partial charge in [0.15, 0.2) is 0 Å². The van der Waals surface area contributed by atoms with Crippen molar-refractivity contribution >= 4 is 11.6 Å². The minimum absolute atomic E-state index is 0.680. The predicted octanol–water partition coefficient (Wildman–Crippen LogP) is 4.94. The number of hydrogen-bond acceptors (Lipinski definition) is 3. The molecule has 4 heteroatoms. The van der Waals surface area contributed by atoms with Gasteiger partial charge in [-0.15, -0.1) is 0 Å². The van der Waals surface area contributed by atoms with Crippen LogP contribution in [0.5, 0.6) is 5.75 Å². The lowest BCUT2D eigenvalue weighted by molar-refractivity contribution is 0.408. The van der Waals surface area contributed by atoms with E-state index in [9.17, 15) is 0 Å². The van der Waals surface area contributed by atoms with Crippen molar-refractivity contribution in [1.29, 1.82) is 0 Å². The fraction of sp³-hybridized carbons (Fsp3) is 0.200. The van der Waals surface area contributed by atoms with Crippen molar-refractivity contribution in [2.24, 2.45) is 0 Å². The van der Waals surface area contributed by atoms with Gasteiger partial charge < -0.3 is 14.5 Å². The minimum Gasteiger partial charge on any atom is -0.496 e. The Morgan fingerprint density at radius 1 is 1.00 bits per heavy atom. The van der Waals surface area contributed by atoms with Gasteiger partial charge in [-0.2, -0.15) is 0 Å². The van der Waals surface area contributed by atoms with E-state index in [1.54, 1.807) is 7.11 Å². The number of methoxy groups -OCH3 is 1. The molecule has 1 aromatic heterocycles. The van der Waals surface area contributed by atoms with Crippen LogP contribution in [0.4, 0.5) is 0 Å². The second kappa shape index (κ2) is 8.04. The summed E-state index contributed by atoms with van der Waals surface area (Å²) >= 11 is 6.20. The zero-order chi connectivity index (χ0) is 16.8. The molecule has 0 unspecified atom stereocenters. The number of halogens is 1. The van der Waals surface area contributed by atoms with E-state index in [1.807, 2.05) is 54.6 Å². The van der Waals surface area contributed by atoms with Crippen molar-refractivity contribution in [2.45, 2.75) is 13.0 Å². The van der Waals surface area contributed by atoms with Gasteiger partial charge >= 0.3 is 0 Å². The number of rotatable bonds is 7. The molecule has 0 bridgehead atoms. The van der Waals surface area contributed by atoms with E-state index in [0.29, 0.717) is 11.6 Å². The molecular weight excluding hydrogens is 322 g/mol. The van der Waals surface area contributed by atoms with E-state index < -0.39 is 0 Å². The third-order valence-electron chi connectivity index (χ3n) is 3.86. The van der Waals surface area contributed by atoms with Gasteiger partial charge in [-0.05, 0) is 48.9 Å². The molecule has 3 rings (SSSR count). The Morgan fingerprint density at radius 2 is 1.79 bits per heavy atom. The van der Waals surface area contributed by atoms with Gasteiger partial charge in [0, 0.05) is 5.56 Å². The Hall–Kier alpha value is -2.23. The number of ether oxygens (including phenoxy) is 1. The molecule has 0 fully saturated rings. The average molecular weight is 342 g/mol. The first-order valence-corrected chi connectivity index (χ1v) is 8.32. The number of benzene rings is 2. The largest absolute Gasteiger partial charge is 0.496 e. The summed E-state index contributed by atoms with van der Waals surface area (Å²) in [5.74, 6) is 2.62. The minimum atomic E-state index is 0.680. The van der Waals surface area contributed by atoms with Crippen LogP contribution in [0.3, 0.4) is 0 Å². The molecule has 0 atom stereocenters. The van der Waals surface area contributed by atoms with Crippen molar-refractivity contribution in [3.8, 4) is 17.1 Å². The molecule has 24 heavy (non-hydrogen) atoms. The topological polar surface area (TPSA) is 34.4 Å². The van der Waals surface area contributed by atoms with E-state index in [1.165, 1.54) is 5.56 Å². The molecule has 0 aliphatic heterocycles. The second-order valence-corrected chi connectivity index (χ2v) is 5.89. The third-order valence-corrected chi connectivity index (χ3v) is 4.19. The Bertz CT molecular complexity index is 798. The molecule has 124 valence electrons. The number of para-hydroxylation sites is 1. The maximum Gasteiger partial charge on any atom is 0.135 e. The van der Waals surface area contributed by atoms with Crippen molar-refractivity contribution in [3.05, 3.63) is 77.0 Å². The van der Waals surface area contributed by atoms with Crippen molar-refractivity contribution in [2.75, 3.05) is 13.7 Å². The first-order chi connectivity index (χ1) is 11.8. The molecule has 0 aliphatic rings. The second-order valence-electron chi connectivity index (χ2n) is 5.48. The van der Waals surface area contributed by atoms with Crippen LogP contribution in [0.2, 0.25) is 5.02 Å². The molecule has 0 radical (unpaired) electrons. The maximum atomic E-state index is 6.20. The number of furan rings is 1. The monoisotopic (exact) mass is 341 g/mol. The SMILES string of the molecule is COc1ccccc1CCNCc1ccc(-c2ccccc2Cl)o1. The van der Waals surface area contributed by atoms with E-state index >= 15 is 0 Å². The molecule has 0 aliphatic carbocycles. The van der Waals surface area contributed by atoms with Crippen LogP contribution in [0.15, 0.2) is 65.1 Å². The fourth-order valence-electron chi connectivity index (χ4n) is 2.62. The summed E-state index contributed by atoms with van der Waals surface area (Å²) in [4.78, 5) is 0. The average Bonchev–Trinajstić information content (AvgIpc) is 3.08. The van der Waals surface area contributed by atoms with Gasteiger partial charge in [0.25, 0.3) is 0 Å². The lowest BCUT2D eigenvalue weighted by atomic mass is 10.1. The van der Waals surface area contributed by atoms with E-state index in [0.717, 1.165) is 35.8 Å². The summed E-state index contributed by atoms with van der Waals surface area (Å²) in [5, 5.41) is 4.10. The summed E-state index contributed by atoms with van der Waals surface area (Å²) in [7, 11) is 1.70. The lowest BCUT2D eigenvalue weighted by Gasteiger charge is -2.08.